The van der Waals surface area contributed by atoms with Crippen LogP contribution in [0.3, 0.4) is 0 Å². The number of hydrogen-bond donors (Lipinski definition) is 2. The van der Waals surface area contributed by atoms with Crippen LogP contribution in [0.1, 0.15) is 27.2 Å². The maximum absolute atomic E-state index is 13.4. The van der Waals surface area contributed by atoms with E-state index in [9.17, 15) is 22.3 Å². The second-order valence-corrected chi connectivity index (χ2v) is 7.58. The van der Waals surface area contributed by atoms with E-state index in [2.05, 4.69) is 4.72 Å². The van der Waals surface area contributed by atoms with Gasteiger partial charge in [-0.05, 0) is 24.0 Å². The van der Waals surface area contributed by atoms with Crippen LogP contribution >= 0.6 is 0 Å². The zero-order valence-corrected chi connectivity index (χ0v) is 12.5. The fourth-order valence-electron chi connectivity index (χ4n) is 1.76. The van der Waals surface area contributed by atoms with Gasteiger partial charge < -0.3 is 5.11 Å². The fraction of sp³-hybridized carbons (Fsp3) is 0.538. The SMILES string of the molecule is CC(C)(C)CC(O)CNS(=O)(=O)c1ccc(F)cc1F. The molecule has 0 saturated heterocycles. The highest BCUT2D eigenvalue weighted by Crippen LogP contribution is 2.21. The number of nitrogens with one attached hydrogen (secondary N) is 1. The Morgan fingerprint density at radius 3 is 2.40 bits per heavy atom. The second kappa shape index (κ2) is 6.15. The fourth-order valence-corrected chi connectivity index (χ4v) is 2.89. The van der Waals surface area contributed by atoms with Gasteiger partial charge in [-0.2, -0.15) is 0 Å². The van der Waals surface area contributed by atoms with Crippen molar-refractivity contribution >= 4 is 10.0 Å². The van der Waals surface area contributed by atoms with E-state index in [4.69, 9.17) is 0 Å². The average Bonchev–Trinajstić information content (AvgIpc) is 2.23. The van der Waals surface area contributed by atoms with E-state index in [0.717, 1.165) is 12.1 Å². The van der Waals surface area contributed by atoms with E-state index in [1.54, 1.807) is 0 Å². The molecule has 4 nitrogen and oxygen atoms in total. The largest absolute Gasteiger partial charge is 0.392 e. The number of halogens is 2. The molecule has 0 radical (unpaired) electrons. The van der Waals surface area contributed by atoms with E-state index in [1.165, 1.54) is 0 Å². The molecule has 0 aromatic heterocycles. The van der Waals surface area contributed by atoms with Crippen molar-refractivity contribution in [1.29, 1.82) is 0 Å². The van der Waals surface area contributed by atoms with Gasteiger partial charge in [-0.15, -0.1) is 0 Å². The Bertz CT molecular complexity index is 567. The van der Waals surface area contributed by atoms with Gasteiger partial charge >= 0.3 is 0 Å². The Hall–Kier alpha value is -1.05. The minimum atomic E-state index is -4.11. The van der Waals surface area contributed by atoms with E-state index in [-0.39, 0.29) is 12.0 Å². The molecule has 1 rings (SSSR count). The monoisotopic (exact) mass is 307 g/mol. The minimum absolute atomic E-state index is 0.161. The van der Waals surface area contributed by atoms with Crippen molar-refractivity contribution in [3.63, 3.8) is 0 Å². The highest BCUT2D eigenvalue weighted by atomic mass is 32.2. The zero-order chi connectivity index (χ0) is 15.6. The third-order valence-electron chi connectivity index (χ3n) is 2.54. The van der Waals surface area contributed by atoms with E-state index < -0.39 is 32.7 Å². The van der Waals surface area contributed by atoms with Crippen LogP contribution in [0.4, 0.5) is 8.78 Å². The lowest BCUT2D eigenvalue weighted by atomic mass is 9.89. The first-order valence-electron chi connectivity index (χ1n) is 6.14. The van der Waals surface area contributed by atoms with Crippen LogP contribution in [0.25, 0.3) is 0 Å². The average molecular weight is 307 g/mol. The number of rotatable bonds is 5. The predicted molar refractivity (Wildman–Crippen MR) is 71.6 cm³/mol. The molecule has 114 valence electrons. The summed E-state index contributed by atoms with van der Waals surface area (Å²) in [7, 11) is -4.11. The van der Waals surface area contributed by atoms with E-state index in [1.807, 2.05) is 20.8 Å². The molecule has 0 aliphatic rings. The van der Waals surface area contributed by atoms with Gasteiger partial charge in [0.1, 0.15) is 16.5 Å². The van der Waals surface area contributed by atoms with Crippen LogP contribution in [0.15, 0.2) is 23.1 Å². The van der Waals surface area contributed by atoms with Gasteiger partial charge in [-0.1, -0.05) is 20.8 Å². The summed E-state index contributed by atoms with van der Waals surface area (Å²) in [6.45, 7) is 5.50. The number of aliphatic hydroxyl groups is 1. The molecule has 1 aromatic rings. The minimum Gasteiger partial charge on any atom is -0.392 e. The molecule has 0 bridgehead atoms. The van der Waals surface area contributed by atoms with Gasteiger partial charge in [0.15, 0.2) is 0 Å². The summed E-state index contributed by atoms with van der Waals surface area (Å²) >= 11 is 0. The van der Waals surface area contributed by atoms with Crippen molar-refractivity contribution in [1.82, 2.24) is 4.72 Å². The van der Waals surface area contributed by atoms with E-state index >= 15 is 0 Å². The molecular formula is C13H19F2NO3S. The molecule has 1 aromatic carbocycles. The van der Waals surface area contributed by atoms with Crippen molar-refractivity contribution in [3.8, 4) is 0 Å². The molecule has 0 saturated carbocycles. The highest BCUT2D eigenvalue weighted by Gasteiger charge is 2.22. The molecular weight excluding hydrogens is 288 g/mol. The standard InChI is InChI=1S/C13H19F2NO3S/c1-13(2,3)7-10(17)8-16-20(18,19)12-5-4-9(14)6-11(12)15/h4-6,10,16-17H,7-8H2,1-3H3. The molecule has 0 aliphatic heterocycles. The van der Waals surface area contributed by atoms with Gasteiger partial charge in [0.25, 0.3) is 0 Å². The molecule has 0 amide bonds. The predicted octanol–water partition coefficient (Wildman–Crippen LogP) is 2.04. The summed E-state index contributed by atoms with van der Waals surface area (Å²) in [5, 5.41) is 9.73. The van der Waals surface area contributed by atoms with Gasteiger partial charge in [0, 0.05) is 12.6 Å². The van der Waals surface area contributed by atoms with Crippen LogP contribution in [0.5, 0.6) is 0 Å². The van der Waals surface area contributed by atoms with Crippen LogP contribution in [-0.4, -0.2) is 26.2 Å². The first-order chi connectivity index (χ1) is 9.01. The molecule has 7 heteroatoms. The zero-order valence-electron chi connectivity index (χ0n) is 11.7. The van der Waals surface area contributed by atoms with Crippen molar-refractivity contribution in [2.45, 2.75) is 38.2 Å². The molecule has 1 unspecified atom stereocenters. The third kappa shape index (κ3) is 5.15. The van der Waals surface area contributed by atoms with Gasteiger partial charge in [-0.25, -0.2) is 21.9 Å². The number of aliphatic hydroxyl groups excluding tert-OH is 1. The quantitative estimate of drug-likeness (QED) is 0.875. The van der Waals surface area contributed by atoms with Gasteiger partial charge in [-0.3, -0.25) is 0 Å². The summed E-state index contributed by atoms with van der Waals surface area (Å²) in [6.07, 6.45) is -0.491. The van der Waals surface area contributed by atoms with Crippen molar-refractivity contribution in [2.75, 3.05) is 6.54 Å². The molecule has 1 atom stereocenters. The second-order valence-electron chi connectivity index (χ2n) is 5.85. The molecule has 0 heterocycles. The summed E-state index contributed by atoms with van der Waals surface area (Å²) in [4.78, 5) is -0.637. The van der Waals surface area contributed by atoms with Crippen LogP contribution in [0, 0.1) is 17.0 Å². The maximum Gasteiger partial charge on any atom is 0.243 e. The number of sulfonamides is 1. The Kier molecular flexibility index (Phi) is 5.23. The molecule has 20 heavy (non-hydrogen) atoms. The smallest absolute Gasteiger partial charge is 0.243 e. The first kappa shape index (κ1) is 17.0. The van der Waals surface area contributed by atoms with Gasteiger partial charge in [0.2, 0.25) is 10.0 Å². The Balaban J connectivity index is 2.76. The highest BCUT2D eigenvalue weighted by molar-refractivity contribution is 7.89. The lowest BCUT2D eigenvalue weighted by Gasteiger charge is -2.22. The van der Waals surface area contributed by atoms with Crippen LogP contribution in [0.2, 0.25) is 0 Å². The van der Waals surface area contributed by atoms with Crippen molar-refractivity contribution < 1.29 is 22.3 Å². The lowest BCUT2D eigenvalue weighted by molar-refractivity contribution is 0.125. The normalized spacial score (nSPS) is 14.3. The van der Waals surface area contributed by atoms with Crippen molar-refractivity contribution in [3.05, 3.63) is 29.8 Å². The molecule has 2 N–H and O–H groups in total. The summed E-state index contributed by atoms with van der Waals surface area (Å²) in [5.41, 5.74) is -0.161. The van der Waals surface area contributed by atoms with Gasteiger partial charge in [0.05, 0.1) is 6.10 Å². The molecule has 0 aliphatic carbocycles. The molecule has 0 spiro atoms. The Labute approximate surface area is 117 Å². The van der Waals surface area contributed by atoms with E-state index in [0.29, 0.717) is 12.5 Å². The molecule has 0 fully saturated rings. The summed E-state index contributed by atoms with van der Waals surface area (Å²) in [5.74, 6) is -2.02. The topological polar surface area (TPSA) is 66.4 Å². The Morgan fingerprint density at radius 2 is 1.90 bits per heavy atom. The first-order valence-corrected chi connectivity index (χ1v) is 7.62. The summed E-state index contributed by atoms with van der Waals surface area (Å²) < 4.78 is 52.0. The number of hydrogen-bond acceptors (Lipinski definition) is 3. The Morgan fingerprint density at radius 1 is 1.30 bits per heavy atom. The lowest BCUT2D eigenvalue weighted by Crippen LogP contribution is -2.34. The van der Waals surface area contributed by atoms with Crippen LogP contribution < -0.4 is 4.72 Å². The summed E-state index contributed by atoms with van der Waals surface area (Å²) in [6, 6.07) is 2.21. The van der Waals surface area contributed by atoms with Crippen LogP contribution in [-0.2, 0) is 10.0 Å². The van der Waals surface area contributed by atoms with Crippen molar-refractivity contribution in [2.24, 2.45) is 5.41 Å². The third-order valence-corrected chi connectivity index (χ3v) is 4.00. The number of benzene rings is 1. The maximum atomic E-state index is 13.4.